The van der Waals surface area contributed by atoms with Crippen molar-refractivity contribution >= 4 is 17.3 Å². The van der Waals surface area contributed by atoms with E-state index in [0.717, 1.165) is 72.3 Å². The maximum atomic E-state index is 6.77. The number of methoxy groups -OCH3 is 1. The summed E-state index contributed by atoms with van der Waals surface area (Å²) < 4.78 is 12.2. The van der Waals surface area contributed by atoms with E-state index in [1.807, 2.05) is 30.3 Å². The molecule has 174 valence electrons. The molecule has 1 spiro atoms. The Hall–Kier alpha value is -3.02. The van der Waals surface area contributed by atoms with Crippen LogP contribution < -0.4 is 9.47 Å². The van der Waals surface area contributed by atoms with Gasteiger partial charge in [0.2, 0.25) is 5.72 Å². The fourth-order valence-corrected chi connectivity index (χ4v) is 5.64. The normalized spacial score (nSPS) is 20.9. The van der Waals surface area contributed by atoms with Gasteiger partial charge in [-0.05, 0) is 35.9 Å². The molecule has 0 N–H and O–H groups in total. The first-order chi connectivity index (χ1) is 16.6. The van der Waals surface area contributed by atoms with Gasteiger partial charge in [-0.2, -0.15) is 5.10 Å². The number of halogens is 1. The van der Waals surface area contributed by atoms with E-state index in [9.17, 15) is 0 Å². The van der Waals surface area contributed by atoms with Crippen molar-refractivity contribution in [1.29, 1.82) is 0 Å². The number of benzene rings is 3. The molecule has 1 fully saturated rings. The van der Waals surface area contributed by atoms with E-state index >= 15 is 0 Å². The Kier molecular flexibility index (Phi) is 5.47. The quantitative estimate of drug-likeness (QED) is 0.474. The first kappa shape index (κ1) is 21.5. The fraction of sp³-hybridized carbons (Fsp3) is 0.321. The summed E-state index contributed by atoms with van der Waals surface area (Å²) in [4.78, 5) is 2.51. The lowest BCUT2D eigenvalue weighted by atomic mass is 9.90. The number of piperidine rings is 1. The molecule has 0 saturated carbocycles. The highest BCUT2D eigenvalue weighted by Crippen LogP contribution is 2.50. The summed E-state index contributed by atoms with van der Waals surface area (Å²) in [5.41, 5.74) is 4.17. The number of rotatable bonds is 4. The number of hydrogen-bond donors (Lipinski definition) is 0. The van der Waals surface area contributed by atoms with Gasteiger partial charge in [0.1, 0.15) is 11.5 Å². The van der Waals surface area contributed by atoms with Crippen LogP contribution in [-0.4, -0.2) is 41.5 Å². The van der Waals surface area contributed by atoms with Crippen LogP contribution in [0.2, 0.25) is 5.02 Å². The van der Waals surface area contributed by atoms with Crippen LogP contribution in [0.15, 0.2) is 77.9 Å². The van der Waals surface area contributed by atoms with E-state index in [4.69, 9.17) is 26.2 Å². The predicted molar refractivity (Wildman–Crippen MR) is 134 cm³/mol. The van der Waals surface area contributed by atoms with Crippen molar-refractivity contribution in [2.24, 2.45) is 5.10 Å². The summed E-state index contributed by atoms with van der Waals surface area (Å²) in [6.45, 7) is 2.89. The first-order valence-corrected chi connectivity index (χ1v) is 12.3. The minimum atomic E-state index is -0.445. The largest absolute Gasteiger partial charge is 0.497 e. The van der Waals surface area contributed by atoms with Gasteiger partial charge < -0.3 is 9.47 Å². The zero-order valence-electron chi connectivity index (χ0n) is 19.3. The SMILES string of the molecule is COc1cccc(C2=NN3[C@H](C2)c2cc(Cl)ccc2OC32CCN(Cc3ccccc3)CC2)c1. The Balaban J connectivity index is 1.31. The maximum Gasteiger partial charge on any atom is 0.200 e. The molecular formula is C28H28ClN3O2. The molecular weight excluding hydrogens is 446 g/mol. The second-order valence-electron chi connectivity index (χ2n) is 9.34. The van der Waals surface area contributed by atoms with E-state index < -0.39 is 5.72 Å². The molecule has 6 rings (SSSR count). The van der Waals surface area contributed by atoms with Gasteiger partial charge in [0.25, 0.3) is 0 Å². The second kappa shape index (κ2) is 8.64. The molecule has 3 aliphatic heterocycles. The second-order valence-corrected chi connectivity index (χ2v) is 9.77. The van der Waals surface area contributed by atoms with E-state index in [1.165, 1.54) is 5.56 Å². The standard InChI is InChI=1S/C28H28ClN3O2/c1-33-23-9-5-8-21(16-23)25-18-26-24-17-22(29)10-11-27(24)34-28(32(26)30-25)12-14-31(15-13-28)19-20-6-3-2-4-7-20/h2-11,16-17,26H,12-15,18-19H2,1H3/t26-/m1/s1. The summed E-state index contributed by atoms with van der Waals surface area (Å²) >= 11 is 6.40. The van der Waals surface area contributed by atoms with Gasteiger partial charge in [0.15, 0.2) is 0 Å². The molecule has 1 atom stereocenters. The van der Waals surface area contributed by atoms with Crippen LogP contribution in [0, 0.1) is 0 Å². The smallest absolute Gasteiger partial charge is 0.200 e. The minimum Gasteiger partial charge on any atom is -0.497 e. The molecule has 5 nitrogen and oxygen atoms in total. The van der Waals surface area contributed by atoms with Crippen molar-refractivity contribution in [3.8, 4) is 11.5 Å². The zero-order valence-corrected chi connectivity index (χ0v) is 20.0. The number of likely N-dealkylation sites (tertiary alicyclic amines) is 1. The van der Waals surface area contributed by atoms with E-state index in [0.29, 0.717) is 0 Å². The van der Waals surface area contributed by atoms with Crippen LogP contribution in [0.3, 0.4) is 0 Å². The van der Waals surface area contributed by atoms with Crippen LogP contribution in [-0.2, 0) is 6.54 Å². The third kappa shape index (κ3) is 3.83. The summed E-state index contributed by atoms with van der Waals surface area (Å²) in [6, 6.07) is 24.9. The van der Waals surface area contributed by atoms with Gasteiger partial charge in [-0.1, -0.05) is 54.1 Å². The molecule has 6 heteroatoms. The molecule has 3 aromatic rings. The average molecular weight is 474 g/mol. The molecule has 0 aromatic heterocycles. The van der Waals surface area contributed by atoms with Gasteiger partial charge in [-0.25, -0.2) is 5.01 Å². The van der Waals surface area contributed by atoms with Crippen LogP contribution in [0.25, 0.3) is 0 Å². The van der Waals surface area contributed by atoms with Gasteiger partial charge in [-0.3, -0.25) is 4.90 Å². The first-order valence-electron chi connectivity index (χ1n) is 11.9. The lowest BCUT2D eigenvalue weighted by Gasteiger charge is -2.51. The van der Waals surface area contributed by atoms with Crippen molar-refractivity contribution < 1.29 is 9.47 Å². The number of hydrogen-bond acceptors (Lipinski definition) is 5. The highest BCUT2D eigenvalue weighted by atomic mass is 35.5. The highest BCUT2D eigenvalue weighted by molar-refractivity contribution is 6.30. The average Bonchev–Trinajstić information content (AvgIpc) is 3.34. The Morgan fingerprint density at radius 2 is 1.85 bits per heavy atom. The molecule has 0 amide bonds. The fourth-order valence-electron chi connectivity index (χ4n) is 5.46. The van der Waals surface area contributed by atoms with Gasteiger partial charge in [-0.15, -0.1) is 0 Å². The van der Waals surface area contributed by atoms with Crippen molar-refractivity contribution in [1.82, 2.24) is 9.91 Å². The maximum absolute atomic E-state index is 6.77. The minimum absolute atomic E-state index is 0.115. The molecule has 3 heterocycles. The highest BCUT2D eigenvalue weighted by Gasteiger charge is 2.51. The van der Waals surface area contributed by atoms with Crippen LogP contribution in [0.5, 0.6) is 11.5 Å². The van der Waals surface area contributed by atoms with Crippen LogP contribution in [0.4, 0.5) is 0 Å². The van der Waals surface area contributed by atoms with Crippen molar-refractivity contribution in [3.63, 3.8) is 0 Å². The third-order valence-electron chi connectivity index (χ3n) is 7.25. The zero-order chi connectivity index (χ0) is 23.1. The van der Waals surface area contributed by atoms with Crippen LogP contribution >= 0.6 is 11.6 Å². The molecule has 3 aliphatic rings. The van der Waals surface area contributed by atoms with Crippen LogP contribution in [0.1, 0.15) is 42.0 Å². The van der Waals surface area contributed by atoms with E-state index in [1.54, 1.807) is 7.11 Å². The monoisotopic (exact) mass is 473 g/mol. The van der Waals surface area contributed by atoms with Gasteiger partial charge in [0.05, 0.1) is 18.9 Å². The Morgan fingerprint density at radius 1 is 1.03 bits per heavy atom. The molecule has 0 bridgehead atoms. The molecule has 1 saturated heterocycles. The Labute approximate surface area is 205 Å². The predicted octanol–water partition coefficient (Wildman–Crippen LogP) is 5.88. The van der Waals surface area contributed by atoms with E-state index in [2.05, 4.69) is 52.4 Å². The number of hydrazone groups is 1. The lowest BCUT2D eigenvalue weighted by molar-refractivity contribution is -0.150. The molecule has 0 unspecified atom stereocenters. The number of nitrogens with zero attached hydrogens (tertiary/aromatic N) is 3. The molecule has 34 heavy (non-hydrogen) atoms. The lowest BCUT2D eigenvalue weighted by Crippen LogP contribution is -2.59. The van der Waals surface area contributed by atoms with E-state index in [-0.39, 0.29) is 6.04 Å². The van der Waals surface area contributed by atoms with Crippen molar-refractivity contribution in [3.05, 3.63) is 94.5 Å². The van der Waals surface area contributed by atoms with Gasteiger partial charge >= 0.3 is 0 Å². The topological polar surface area (TPSA) is 37.3 Å². The van der Waals surface area contributed by atoms with Crippen molar-refractivity contribution in [2.75, 3.05) is 20.2 Å². The Bertz CT molecular complexity index is 1220. The summed E-state index contributed by atoms with van der Waals surface area (Å²) in [5.74, 6) is 1.78. The summed E-state index contributed by atoms with van der Waals surface area (Å²) in [6.07, 6.45) is 2.61. The van der Waals surface area contributed by atoms with Gasteiger partial charge in [0, 0.05) is 55.0 Å². The molecule has 3 aromatic carbocycles. The molecule has 0 radical (unpaired) electrons. The number of ether oxygens (including phenoxy) is 2. The summed E-state index contributed by atoms with van der Waals surface area (Å²) in [5, 5.41) is 8.14. The molecule has 0 aliphatic carbocycles. The summed E-state index contributed by atoms with van der Waals surface area (Å²) in [7, 11) is 1.70. The third-order valence-corrected chi connectivity index (χ3v) is 7.48. The number of fused-ring (bicyclic) bond motifs is 4. The van der Waals surface area contributed by atoms with Crippen molar-refractivity contribution in [2.45, 2.75) is 37.6 Å². The Morgan fingerprint density at radius 3 is 2.65 bits per heavy atom.